The molecule has 28 heavy (non-hydrogen) atoms. The molecule has 0 aliphatic carbocycles. The lowest BCUT2D eigenvalue weighted by Gasteiger charge is -2.52. The van der Waals surface area contributed by atoms with Gasteiger partial charge in [0, 0.05) is 37.7 Å². The first-order valence-electron chi connectivity index (χ1n) is 9.98. The van der Waals surface area contributed by atoms with Crippen LogP contribution in [0.5, 0.6) is 0 Å². The van der Waals surface area contributed by atoms with Crippen molar-refractivity contribution in [3.05, 3.63) is 41.8 Å². The molecule has 3 saturated heterocycles. The summed E-state index contributed by atoms with van der Waals surface area (Å²) in [6, 6.07) is 6.33. The second-order valence-electron chi connectivity index (χ2n) is 8.24. The molecule has 0 spiro atoms. The first-order chi connectivity index (χ1) is 13.6. The van der Waals surface area contributed by atoms with E-state index < -0.39 is 0 Å². The van der Waals surface area contributed by atoms with Gasteiger partial charge in [-0.1, -0.05) is 0 Å². The van der Waals surface area contributed by atoms with Gasteiger partial charge in [-0.05, 0) is 55.4 Å². The SMILES string of the molecule is O=C(c1cn[nH]c1-c1ccc(F)cc1)N1CC2CC(C1)[C@H]1CCCC(=O)N1C2. The number of carbonyl (C=O) groups is 2. The van der Waals surface area contributed by atoms with Gasteiger partial charge in [-0.3, -0.25) is 14.7 Å². The zero-order valence-corrected chi connectivity index (χ0v) is 15.6. The van der Waals surface area contributed by atoms with E-state index in [9.17, 15) is 14.0 Å². The van der Waals surface area contributed by atoms with Crippen molar-refractivity contribution in [2.75, 3.05) is 19.6 Å². The number of nitrogens with one attached hydrogen (secondary N) is 1. The van der Waals surface area contributed by atoms with Crippen LogP contribution in [0.15, 0.2) is 30.5 Å². The lowest BCUT2D eigenvalue weighted by Crippen LogP contribution is -2.61. The number of halogens is 1. The van der Waals surface area contributed by atoms with Crippen molar-refractivity contribution >= 4 is 11.8 Å². The van der Waals surface area contributed by atoms with Crippen LogP contribution in [0.1, 0.15) is 36.0 Å². The van der Waals surface area contributed by atoms with E-state index >= 15 is 0 Å². The number of benzene rings is 1. The van der Waals surface area contributed by atoms with E-state index in [1.54, 1.807) is 18.3 Å². The van der Waals surface area contributed by atoms with Crippen LogP contribution in [0.2, 0.25) is 0 Å². The van der Waals surface area contributed by atoms with E-state index in [2.05, 4.69) is 15.1 Å². The number of fused-ring (bicyclic) bond motifs is 4. The number of aromatic amines is 1. The summed E-state index contributed by atoms with van der Waals surface area (Å²) in [4.78, 5) is 29.6. The highest BCUT2D eigenvalue weighted by Gasteiger charge is 2.45. The number of piperidine rings is 3. The average Bonchev–Trinajstić information content (AvgIpc) is 3.18. The molecule has 4 heterocycles. The van der Waals surface area contributed by atoms with Crippen molar-refractivity contribution < 1.29 is 14.0 Å². The Morgan fingerprint density at radius 3 is 2.82 bits per heavy atom. The smallest absolute Gasteiger partial charge is 0.257 e. The Morgan fingerprint density at radius 2 is 2.00 bits per heavy atom. The molecule has 3 atom stereocenters. The minimum Gasteiger partial charge on any atom is -0.339 e. The van der Waals surface area contributed by atoms with Gasteiger partial charge >= 0.3 is 0 Å². The number of H-pyrrole nitrogens is 1. The molecule has 146 valence electrons. The van der Waals surface area contributed by atoms with Crippen LogP contribution in [0.25, 0.3) is 11.3 Å². The highest BCUT2D eigenvalue weighted by Crippen LogP contribution is 2.38. The molecule has 7 heteroatoms. The molecule has 5 rings (SSSR count). The second kappa shape index (κ2) is 6.72. The van der Waals surface area contributed by atoms with Crippen LogP contribution in [0, 0.1) is 17.7 Å². The minimum absolute atomic E-state index is 0.0432. The van der Waals surface area contributed by atoms with Crippen LogP contribution in [0.3, 0.4) is 0 Å². The fourth-order valence-corrected chi connectivity index (χ4v) is 5.23. The largest absolute Gasteiger partial charge is 0.339 e. The average molecular weight is 382 g/mol. The number of hydrogen-bond acceptors (Lipinski definition) is 3. The first-order valence-corrected chi connectivity index (χ1v) is 9.98. The van der Waals surface area contributed by atoms with Crippen LogP contribution in [0.4, 0.5) is 4.39 Å². The quantitative estimate of drug-likeness (QED) is 0.868. The summed E-state index contributed by atoms with van der Waals surface area (Å²) in [6.45, 7) is 2.11. The second-order valence-corrected chi connectivity index (χ2v) is 8.24. The van der Waals surface area contributed by atoms with E-state index in [-0.39, 0.29) is 23.7 Å². The van der Waals surface area contributed by atoms with Crippen molar-refractivity contribution in [1.29, 1.82) is 0 Å². The molecule has 2 amide bonds. The third kappa shape index (κ3) is 2.89. The van der Waals surface area contributed by atoms with Crippen LogP contribution in [-0.2, 0) is 4.79 Å². The summed E-state index contributed by atoms with van der Waals surface area (Å²) >= 11 is 0. The number of aromatic nitrogens is 2. The summed E-state index contributed by atoms with van der Waals surface area (Å²) in [7, 11) is 0. The summed E-state index contributed by atoms with van der Waals surface area (Å²) in [5, 5.41) is 6.96. The molecule has 0 saturated carbocycles. The number of likely N-dealkylation sites (tertiary alicyclic amines) is 1. The van der Waals surface area contributed by atoms with Crippen LogP contribution >= 0.6 is 0 Å². The normalized spacial score (nSPS) is 26.9. The Hall–Kier alpha value is -2.70. The fraction of sp³-hybridized carbons (Fsp3) is 0.476. The Balaban J connectivity index is 1.38. The molecule has 0 radical (unpaired) electrons. The summed E-state index contributed by atoms with van der Waals surface area (Å²) in [6.07, 6.45) is 5.30. The third-order valence-electron chi connectivity index (χ3n) is 6.47. The van der Waals surface area contributed by atoms with Crippen molar-refractivity contribution in [1.82, 2.24) is 20.0 Å². The number of carbonyl (C=O) groups excluding carboxylic acids is 2. The van der Waals surface area contributed by atoms with E-state index in [0.717, 1.165) is 31.4 Å². The Labute approximate surface area is 162 Å². The van der Waals surface area contributed by atoms with Gasteiger partial charge in [0.15, 0.2) is 0 Å². The standard InChI is InChI=1S/C21H23FN4O2/c22-16-6-4-14(5-7-16)20-17(9-23-24-20)21(28)25-10-13-8-15(12-25)18-2-1-3-19(27)26(18)11-13/h4-7,9,13,15,18H,1-3,8,10-12H2,(H,23,24)/t13?,15?,18-/m1/s1. The molecule has 1 aromatic heterocycles. The zero-order chi connectivity index (χ0) is 19.3. The third-order valence-corrected chi connectivity index (χ3v) is 6.47. The van der Waals surface area contributed by atoms with Gasteiger partial charge in [0.25, 0.3) is 5.91 Å². The number of hydrogen-bond donors (Lipinski definition) is 1. The maximum Gasteiger partial charge on any atom is 0.257 e. The monoisotopic (exact) mass is 382 g/mol. The number of amides is 2. The topological polar surface area (TPSA) is 69.3 Å². The number of rotatable bonds is 2. The summed E-state index contributed by atoms with van der Waals surface area (Å²) in [5.41, 5.74) is 1.88. The van der Waals surface area contributed by atoms with Gasteiger partial charge < -0.3 is 9.80 Å². The van der Waals surface area contributed by atoms with Crippen molar-refractivity contribution in [2.24, 2.45) is 11.8 Å². The van der Waals surface area contributed by atoms with Crippen LogP contribution < -0.4 is 0 Å². The predicted molar refractivity (Wildman–Crippen MR) is 101 cm³/mol. The van der Waals surface area contributed by atoms with Gasteiger partial charge in [-0.25, -0.2) is 4.39 Å². The molecule has 3 fully saturated rings. The Bertz CT molecular complexity index is 909. The fourth-order valence-electron chi connectivity index (χ4n) is 5.23. The molecule has 1 aromatic carbocycles. The molecule has 2 aromatic rings. The number of nitrogens with zero attached hydrogens (tertiary/aromatic N) is 3. The molecule has 2 bridgehead atoms. The van der Waals surface area contributed by atoms with Gasteiger partial charge in [0.05, 0.1) is 17.5 Å². The van der Waals surface area contributed by atoms with E-state index in [1.807, 2.05) is 4.90 Å². The molecular formula is C21H23FN4O2. The molecular weight excluding hydrogens is 359 g/mol. The predicted octanol–water partition coefficient (Wildman–Crippen LogP) is 2.69. The van der Waals surface area contributed by atoms with Crippen molar-refractivity contribution in [3.63, 3.8) is 0 Å². The summed E-state index contributed by atoms with van der Waals surface area (Å²) < 4.78 is 13.2. The molecule has 6 nitrogen and oxygen atoms in total. The van der Waals surface area contributed by atoms with E-state index in [1.165, 1.54) is 12.1 Å². The lowest BCUT2D eigenvalue weighted by molar-refractivity contribution is -0.144. The van der Waals surface area contributed by atoms with Crippen LogP contribution in [-0.4, -0.2) is 57.5 Å². The Kier molecular flexibility index (Phi) is 4.18. The van der Waals surface area contributed by atoms with Gasteiger partial charge in [0.1, 0.15) is 5.82 Å². The summed E-state index contributed by atoms with van der Waals surface area (Å²) in [5.74, 6) is 0.605. The Morgan fingerprint density at radius 1 is 1.18 bits per heavy atom. The van der Waals surface area contributed by atoms with E-state index in [0.29, 0.717) is 42.6 Å². The highest BCUT2D eigenvalue weighted by atomic mass is 19.1. The van der Waals surface area contributed by atoms with Crippen molar-refractivity contribution in [3.8, 4) is 11.3 Å². The van der Waals surface area contributed by atoms with Crippen molar-refractivity contribution in [2.45, 2.75) is 31.7 Å². The van der Waals surface area contributed by atoms with Gasteiger partial charge in [0.2, 0.25) is 5.91 Å². The maximum atomic E-state index is 13.3. The minimum atomic E-state index is -0.313. The van der Waals surface area contributed by atoms with Gasteiger partial charge in [-0.2, -0.15) is 5.10 Å². The molecule has 3 aliphatic rings. The van der Waals surface area contributed by atoms with Gasteiger partial charge in [-0.15, -0.1) is 0 Å². The highest BCUT2D eigenvalue weighted by molar-refractivity contribution is 5.99. The molecule has 3 aliphatic heterocycles. The zero-order valence-electron chi connectivity index (χ0n) is 15.6. The molecule has 1 N–H and O–H groups in total. The molecule has 2 unspecified atom stereocenters. The lowest BCUT2D eigenvalue weighted by atomic mass is 9.76. The first kappa shape index (κ1) is 17.4. The van der Waals surface area contributed by atoms with E-state index in [4.69, 9.17) is 0 Å². The maximum absolute atomic E-state index is 13.3.